The van der Waals surface area contributed by atoms with E-state index in [0.717, 1.165) is 24.5 Å². The van der Waals surface area contributed by atoms with Crippen LogP contribution in [0.3, 0.4) is 0 Å². The van der Waals surface area contributed by atoms with E-state index in [0.29, 0.717) is 35.4 Å². The molecule has 1 aromatic heterocycles. The summed E-state index contributed by atoms with van der Waals surface area (Å²) in [6.45, 7) is 4.69. The number of aromatic nitrogens is 1. The fraction of sp³-hybridized carbons (Fsp3) is 0.238. The van der Waals surface area contributed by atoms with Crippen LogP contribution in [0.1, 0.15) is 16.1 Å². The Kier molecular flexibility index (Phi) is 4.73. The van der Waals surface area contributed by atoms with E-state index < -0.39 is 5.82 Å². The van der Waals surface area contributed by atoms with E-state index >= 15 is 0 Å². The topological polar surface area (TPSA) is 54.5 Å². The van der Waals surface area contributed by atoms with Gasteiger partial charge in [0.15, 0.2) is 0 Å². The Labute approximate surface area is 156 Å². The van der Waals surface area contributed by atoms with E-state index in [1.807, 2.05) is 31.2 Å². The number of benzene rings is 2. The number of halogens is 1. The molecule has 5 nitrogen and oxygen atoms in total. The van der Waals surface area contributed by atoms with Gasteiger partial charge in [-0.05, 0) is 43.3 Å². The van der Waals surface area contributed by atoms with Crippen LogP contribution in [0.4, 0.5) is 15.8 Å². The first kappa shape index (κ1) is 17.4. The van der Waals surface area contributed by atoms with E-state index in [2.05, 4.69) is 15.2 Å². The van der Waals surface area contributed by atoms with Gasteiger partial charge in [0.1, 0.15) is 5.82 Å². The molecule has 0 atom stereocenters. The van der Waals surface area contributed by atoms with Gasteiger partial charge in [-0.3, -0.25) is 9.78 Å². The number of pyridine rings is 1. The van der Waals surface area contributed by atoms with Crippen LogP contribution in [0.25, 0.3) is 10.9 Å². The smallest absolute Gasteiger partial charge is 0.256 e. The number of hydrogen-bond acceptors (Lipinski definition) is 4. The summed E-state index contributed by atoms with van der Waals surface area (Å²) >= 11 is 0. The Morgan fingerprint density at radius 1 is 1.15 bits per heavy atom. The van der Waals surface area contributed by atoms with Crippen LogP contribution >= 0.6 is 0 Å². The van der Waals surface area contributed by atoms with Gasteiger partial charge in [-0.2, -0.15) is 0 Å². The van der Waals surface area contributed by atoms with Crippen molar-refractivity contribution in [1.82, 2.24) is 4.98 Å². The lowest BCUT2D eigenvalue weighted by Crippen LogP contribution is -2.36. The fourth-order valence-corrected chi connectivity index (χ4v) is 3.37. The van der Waals surface area contributed by atoms with Crippen LogP contribution in [0.5, 0.6) is 0 Å². The minimum atomic E-state index is -0.393. The number of amides is 1. The zero-order chi connectivity index (χ0) is 18.8. The average molecular weight is 365 g/mol. The second kappa shape index (κ2) is 7.32. The number of nitrogens with one attached hydrogen (secondary N) is 1. The molecule has 2 heterocycles. The Morgan fingerprint density at radius 3 is 2.74 bits per heavy atom. The molecule has 1 fully saturated rings. The minimum absolute atomic E-state index is 0.281. The number of hydrogen-bond donors (Lipinski definition) is 1. The van der Waals surface area contributed by atoms with Gasteiger partial charge in [0.2, 0.25) is 0 Å². The van der Waals surface area contributed by atoms with E-state index in [4.69, 9.17) is 4.74 Å². The Hall–Kier alpha value is -2.99. The monoisotopic (exact) mass is 365 g/mol. The molecule has 0 radical (unpaired) electrons. The second-order valence-electron chi connectivity index (χ2n) is 6.54. The van der Waals surface area contributed by atoms with Crippen molar-refractivity contribution in [2.75, 3.05) is 36.5 Å². The SMILES string of the molecule is Cc1cc(C(=O)Nc2ccccc2N2CCOCC2)c2cc(F)ccc2n1. The Bertz CT molecular complexity index is 1000. The van der Waals surface area contributed by atoms with Crippen molar-refractivity contribution in [1.29, 1.82) is 0 Å². The molecule has 27 heavy (non-hydrogen) atoms. The highest BCUT2D eigenvalue weighted by atomic mass is 19.1. The standard InChI is InChI=1S/C21H20FN3O2/c1-14-12-17(16-13-15(22)6-7-18(16)23-14)21(26)24-19-4-2-3-5-20(19)25-8-10-27-11-9-25/h2-7,12-13H,8-11H2,1H3,(H,24,26). The largest absolute Gasteiger partial charge is 0.378 e. The molecule has 1 saturated heterocycles. The molecule has 4 rings (SSSR count). The number of fused-ring (bicyclic) bond motifs is 1. The van der Waals surface area contributed by atoms with Crippen molar-refractivity contribution >= 4 is 28.2 Å². The van der Waals surface area contributed by atoms with E-state index in [1.54, 1.807) is 12.1 Å². The number of ether oxygens (including phenoxy) is 1. The summed E-state index contributed by atoms with van der Waals surface area (Å²) < 4.78 is 19.1. The molecule has 6 heteroatoms. The fourth-order valence-electron chi connectivity index (χ4n) is 3.37. The summed E-state index contributed by atoms with van der Waals surface area (Å²) in [6, 6.07) is 13.7. The van der Waals surface area contributed by atoms with Crippen LogP contribution in [-0.4, -0.2) is 37.2 Å². The van der Waals surface area contributed by atoms with Crippen LogP contribution < -0.4 is 10.2 Å². The van der Waals surface area contributed by atoms with Crippen molar-refractivity contribution in [2.45, 2.75) is 6.92 Å². The third-order valence-electron chi connectivity index (χ3n) is 4.65. The predicted molar refractivity (Wildman–Crippen MR) is 104 cm³/mol. The summed E-state index contributed by atoms with van der Waals surface area (Å²) in [5, 5.41) is 3.49. The number of carbonyl (C=O) groups is 1. The molecule has 0 bridgehead atoms. The van der Waals surface area contributed by atoms with Gasteiger partial charge in [0.25, 0.3) is 5.91 Å². The number of anilines is 2. The zero-order valence-electron chi connectivity index (χ0n) is 15.0. The van der Waals surface area contributed by atoms with E-state index in [1.165, 1.54) is 12.1 Å². The predicted octanol–water partition coefficient (Wildman–Crippen LogP) is 3.77. The summed E-state index contributed by atoms with van der Waals surface area (Å²) in [4.78, 5) is 19.6. The number of rotatable bonds is 3. The first-order valence-corrected chi connectivity index (χ1v) is 8.92. The zero-order valence-corrected chi connectivity index (χ0v) is 15.0. The number of aryl methyl sites for hydroxylation is 1. The molecular formula is C21H20FN3O2. The molecule has 0 unspecified atom stereocenters. The highest BCUT2D eigenvalue weighted by Gasteiger charge is 2.18. The third kappa shape index (κ3) is 3.61. The molecular weight excluding hydrogens is 345 g/mol. The second-order valence-corrected chi connectivity index (χ2v) is 6.54. The maximum atomic E-state index is 13.7. The average Bonchev–Trinajstić information content (AvgIpc) is 2.69. The molecule has 0 saturated carbocycles. The molecule has 138 valence electrons. The van der Waals surface area contributed by atoms with E-state index in [-0.39, 0.29) is 5.91 Å². The molecule has 0 aliphatic carbocycles. The van der Waals surface area contributed by atoms with Crippen molar-refractivity contribution in [2.24, 2.45) is 0 Å². The summed E-state index contributed by atoms with van der Waals surface area (Å²) in [5.41, 5.74) is 3.40. The van der Waals surface area contributed by atoms with Gasteiger partial charge in [-0.1, -0.05) is 12.1 Å². The molecule has 2 aromatic carbocycles. The van der Waals surface area contributed by atoms with E-state index in [9.17, 15) is 9.18 Å². The summed E-state index contributed by atoms with van der Waals surface area (Å²) in [5.74, 6) is -0.673. The van der Waals surface area contributed by atoms with Crippen molar-refractivity contribution in [3.63, 3.8) is 0 Å². The molecule has 3 aromatic rings. The first-order valence-electron chi connectivity index (χ1n) is 8.92. The van der Waals surface area contributed by atoms with Gasteiger partial charge in [-0.15, -0.1) is 0 Å². The number of carbonyl (C=O) groups excluding carboxylic acids is 1. The van der Waals surface area contributed by atoms with Gasteiger partial charge in [0.05, 0.1) is 35.7 Å². The number of morpholine rings is 1. The highest BCUT2D eigenvalue weighted by molar-refractivity contribution is 6.13. The minimum Gasteiger partial charge on any atom is -0.378 e. The number of para-hydroxylation sites is 2. The van der Waals surface area contributed by atoms with Gasteiger partial charge < -0.3 is 15.0 Å². The molecule has 1 aliphatic heterocycles. The number of nitrogens with zero attached hydrogens (tertiary/aromatic N) is 2. The van der Waals surface area contributed by atoms with Crippen LogP contribution in [-0.2, 0) is 4.74 Å². The lowest BCUT2D eigenvalue weighted by atomic mass is 10.1. The maximum absolute atomic E-state index is 13.7. The van der Waals surface area contributed by atoms with Gasteiger partial charge in [0, 0.05) is 24.2 Å². The molecule has 0 spiro atoms. The van der Waals surface area contributed by atoms with Crippen molar-refractivity contribution < 1.29 is 13.9 Å². The Morgan fingerprint density at radius 2 is 1.93 bits per heavy atom. The summed E-state index contributed by atoms with van der Waals surface area (Å²) in [7, 11) is 0. The van der Waals surface area contributed by atoms with Crippen LogP contribution in [0, 0.1) is 12.7 Å². The van der Waals surface area contributed by atoms with Gasteiger partial charge >= 0.3 is 0 Å². The van der Waals surface area contributed by atoms with Crippen molar-refractivity contribution in [3.05, 3.63) is 65.6 Å². The quantitative estimate of drug-likeness (QED) is 0.768. The lowest BCUT2D eigenvalue weighted by molar-refractivity contribution is 0.102. The highest BCUT2D eigenvalue weighted by Crippen LogP contribution is 2.28. The normalized spacial score (nSPS) is 14.4. The Balaban J connectivity index is 1.69. The third-order valence-corrected chi connectivity index (χ3v) is 4.65. The van der Waals surface area contributed by atoms with Crippen molar-refractivity contribution in [3.8, 4) is 0 Å². The maximum Gasteiger partial charge on any atom is 0.256 e. The molecule has 1 aliphatic rings. The molecule has 1 N–H and O–H groups in total. The summed E-state index contributed by atoms with van der Waals surface area (Å²) in [6.07, 6.45) is 0. The van der Waals surface area contributed by atoms with Crippen LogP contribution in [0.15, 0.2) is 48.5 Å². The first-order chi connectivity index (χ1) is 13.1. The van der Waals surface area contributed by atoms with Crippen LogP contribution in [0.2, 0.25) is 0 Å². The lowest BCUT2D eigenvalue weighted by Gasteiger charge is -2.30. The van der Waals surface area contributed by atoms with Gasteiger partial charge in [-0.25, -0.2) is 4.39 Å². The molecule has 1 amide bonds.